The summed E-state index contributed by atoms with van der Waals surface area (Å²) in [6.07, 6.45) is -0.142. The Morgan fingerprint density at radius 3 is 2.34 bits per heavy atom. The van der Waals surface area contributed by atoms with E-state index in [0.29, 0.717) is 18.5 Å². The van der Waals surface area contributed by atoms with E-state index in [0.717, 1.165) is 18.6 Å². The number of aliphatic hydroxyl groups is 1. The second-order valence-corrected chi connectivity index (χ2v) is 7.01. The van der Waals surface area contributed by atoms with Gasteiger partial charge in [0.25, 0.3) is 5.91 Å². The third kappa shape index (κ3) is 10.4. The maximum absolute atomic E-state index is 12.3. The Labute approximate surface area is 201 Å². The quantitative estimate of drug-likeness (QED) is 0.264. The minimum Gasteiger partial charge on any atom is -0.406 e. The van der Waals surface area contributed by atoms with Gasteiger partial charge in [-0.3, -0.25) is 9.59 Å². The lowest BCUT2D eigenvalue weighted by Gasteiger charge is -2.16. The van der Waals surface area contributed by atoms with E-state index in [1.54, 1.807) is 6.92 Å². The van der Waals surface area contributed by atoms with E-state index in [2.05, 4.69) is 26.9 Å². The molecular formula is C24H29F3N4O4. The molecule has 0 radical (unpaired) electrons. The zero-order chi connectivity index (χ0) is 26.4. The van der Waals surface area contributed by atoms with Crippen molar-refractivity contribution in [2.24, 2.45) is 0 Å². The van der Waals surface area contributed by atoms with E-state index < -0.39 is 12.3 Å². The number of allylic oxidation sites excluding steroid dienone is 1. The standard InChI is InChI=1S/C18H19F3N4O3.C6H10O/c1-2-14(22)15-13(17(27)24-9-10-26)7-8-23-16(15)25-11-3-5-12(6-4-11)28-18(19,20)21;1-3-5-6(7)4-2/h3-8,22,26H,2,9-10H2,1H3,(H,23,25)(H,24,27);4H,2-3,5H2,1H3. The summed E-state index contributed by atoms with van der Waals surface area (Å²) in [4.78, 5) is 26.8. The summed E-state index contributed by atoms with van der Waals surface area (Å²) < 4.78 is 40.6. The Morgan fingerprint density at radius 2 is 1.86 bits per heavy atom. The van der Waals surface area contributed by atoms with Gasteiger partial charge in [-0.25, -0.2) is 4.98 Å². The zero-order valence-electron chi connectivity index (χ0n) is 19.5. The highest BCUT2D eigenvalue weighted by Crippen LogP contribution is 2.27. The first kappa shape index (κ1) is 29.3. The summed E-state index contributed by atoms with van der Waals surface area (Å²) in [6.45, 7) is 6.88. The van der Waals surface area contributed by atoms with Crippen LogP contribution in [0, 0.1) is 5.41 Å². The van der Waals surface area contributed by atoms with Gasteiger partial charge in [0.2, 0.25) is 0 Å². The Bertz CT molecular complexity index is 1010. The van der Waals surface area contributed by atoms with Gasteiger partial charge in [0, 0.05) is 30.6 Å². The number of ether oxygens (including phenoxy) is 1. The SMILES string of the molecule is C=CC(=O)CCC.CCC(=N)c1c(C(=O)NCCO)ccnc1Nc1ccc(OC(F)(F)F)cc1. The Hall–Kier alpha value is -3.73. The molecule has 1 heterocycles. The van der Waals surface area contributed by atoms with E-state index in [1.807, 2.05) is 6.92 Å². The molecule has 0 saturated carbocycles. The molecule has 0 atom stereocenters. The van der Waals surface area contributed by atoms with Gasteiger partial charge < -0.3 is 25.9 Å². The fraction of sp³-hybridized carbons (Fsp3) is 0.333. The number of aliphatic hydroxyl groups excluding tert-OH is 1. The van der Waals surface area contributed by atoms with Crippen molar-refractivity contribution in [3.63, 3.8) is 0 Å². The summed E-state index contributed by atoms with van der Waals surface area (Å²) in [6, 6.07) is 6.45. The number of benzene rings is 1. The number of pyridine rings is 1. The van der Waals surface area contributed by atoms with Crippen LogP contribution in [0.5, 0.6) is 5.75 Å². The summed E-state index contributed by atoms with van der Waals surface area (Å²) in [5.41, 5.74) is 1.03. The first-order chi connectivity index (χ1) is 16.6. The van der Waals surface area contributed by atoms with E-state index in [-0.39, 0.29) is 47.3 Å². The van der Waals surface area contributed by atoms with Crippen LogP contribution in [-0.4, -0.2) is 47.0 Å². The number of rotatable bonds is 11. The second-order valence-electron chi connectivity index (χ2n) is 7.01. The number of carbonyl (C=O) groups is 2. The molecule has 0 aliphatic carbocycles. The Morgan fingerprint density at radius 1 is 1.20 bits per heavy atom. The molecule has 0 saturated heterocycles. The maximum atomic E-state index is 12.3. The lowest BCUT2D eigenvalue weighted by atomic mass is 10.0. The molecule has 0 unspecified atom stereocenters. The first-order valence-corrected chi connectivity index (χ1v) is 10.8. The monoisotopic (exact) mass is 494 g/mol. The predicted octanol–water partition coefficient (Wildman–Crippen LogP) is 4.77. The number of halogens is 3. The van der Waals surface area contributed by atoms with Gasteiger partial charge in [-0.1, -0.05) is 20.4 Å². The molecule has 35 heavy (non-hydrogen) atoms. The number of nitrogens with one attached hydrogen (secondary N) is 3. The summed E-state index contributed by atoms with van der Waals surface area (Å²) in [5, 5.41) is 22.5. The van der Waals surface area contributed by atoms with E-state index in [9.17, 15) is 22.8 Å². The summed E-state index contributed by atoms with van der Waals surface area (Å²) >= 11 is 0. The van der Waals surface area contributed by atoms with Crippen molar-refractivity contribution in [2.75, 3.05) is 18.5 Å². The van der Waals surface area contributed by atoms with Crippen LogP contribution in [0.15, 0.2) is 49.2 Å². The molecule has 8 nitrogen and oxygen atoms in total. The van der Waals surface area contributed by atoms with Gasteiger partial charge in [-0.05, 0) is 49.2 Å². The van der Waals surface area contributed by atoms with Crippen molar-refractivity contribution in [3.05, 3.63) is 60.3 Å². The minimum atomic E-state index is -4.78. The highest BCUT2D eigenvalue weighted by molar-refractivity contribution is 6.12. The molecule has 2 rings (SSSR count). The van der Waals surface area contributed by atoms with E-state index >= 15 is 0 Å². The molecule has 0 spiro atoms. The third-order valence-corrected chi connectivity index (χ3v) is 4.32. The molecule has 11 heteroatoms. The van der Waals surface area contributed by atoms with Crippen LogP contribution in [0.25, 0.3) is 0 Å². The highest BCUT2D eigenvalue weighted by atomic mass is 19.4. The van der Waals surface area contributed by atoms with Crippen molar-refractivity contribution in [2.45, 2.75) is 39.5 Å². The molecule has 1 amide bonds. The molecule has 1 aromatic heterocycles. The molecule has 1 aromatic carbocycles. The van der Waals surface area contributed by atoms with Crippen LogP contribution in [0.4, 0.5) is 24.7 Å². The number of hydrogen-bond donors (Lipinski definition) is 4. The normalized spacial score (nSPS) is 10.5. The van der Waals surface area contributed by atoms with Crippen LogP contribution >= 0.6 is 0 Å². The minimum absolute atomic E-state index is 0.0590. The Balaban J connectivity index is 0.000000762. The first-order valence-electron chi connectivity index (χ1n) is 10.8. The van der Waals surface area contributed by atoms with Crippen molar-refractivity contribution in [3.8, 4) is 5.75 Å². The average Bonchev–Trinajstić information content (AvgIpc) is 2.82. The van der Waals surface area contributed by atoms with Crippen molar-refractivity contribution >= 4 is 28.9 Å². The lowest BCUT2D eigenvalue weighted by Crippen LogP contribution is -2.28. The fourth-order valence-electron chi connectivity index (χ4n) is 2.72. The van der Waals surface area contributed by atoms with Gasteiger partial charge in [-0.2, -0.15) is 0 Å². The number of ketones is 1. The van der Waals surface area contributed by atoms with Crippen LogP contribution in [0.1, 0.15) is 49.0 Å². The largest absolute Gasteiger partial charge is 0.573 e. The fourth-order valence-corrected chi connectivity index (χ4v) is 2.72. The van der Waals surface area contributed by atoms with Crippen LogP contribution < -0.4 is 15.4 Å². The second kappa shape index (κ2) is 14.5. The highest BCUT2D eigenvalue weighted by Gasteiger charge is 2.31. The van der Waals surface area contributed by atoms with Gasteiger partial charge in [-0.15, -0.1) is 13.2 Å². The van der Waals surface area contributed by atoms with Gasteiger partial charge in [0.1, 0.15) is 11.6 Å². The number of carbonyl (C=O) groups excluding carboxylic acids is 2. The summed E-state index contributed by atoms with van der Waals surface area (Å²) in [7, 11) is 0. The predicted molar refractivity (Wildman–Crippen MR) is 127 cm³/mol. The number of alkyl halides is 3. The molecule has 2 aromatic rings. The maximum Gasteiger partial charge on any atom is 0.573 e. The van der Waals surface area contributed by atoms with Crippen molar-refractivity contribution in [1.82, 2.24) is 10.3 Å². The number of hydrogen-bond acceptors (Lipinski definition) is 7. The lowest BCUT2D eigenvalue weighted by molar-refractivity contribution is -0.274. The summed E-state index contributed by atoms with van der Waals surface area (Å²) in [5.74, 6) is -0.484. The number of nitrogens with zero attached hydrogens (tertiary/aromatic N) is 1. The molecule has 0 aliphatic rings. The third-order valence-electron chi connectivity index (χ3n) is 4.32. The molecule has 0 aliphatic heterocycles. The Kier molecular flexibility index (Phi) is 12.2. The number of anilines is 2. The van der Waals surface area contributed by atoms with Crippen LogP contribution in [0.3, 0.4) is 0 Å². The molecule has 0 fully saturated rings. The topological polar surface area (TPSA) is 124 Å². The van der Waals surface area contributed by atoms with E-state index in [1.165, 1.54) is 30.5 Å². The zero-order valence-corrected chi connectivity index (χ0v) is 19.5. The van der Waals surface area contributed by atoms with E-state index in [4.69, 9.17) is 10.5 Å². The van der Waals surface area contributed by atoms with Gasteiger partial charge in [0.15, 0.2) is 5.78 Å². The van der Waals surface area contributed by atoms with Crippen molar-refractivity contribution < 1.29 is 32.6 Å². The smallest absolute Gasteiger partial charge is 0.406 e. The number of aromatic nitrogens is 1. The molecule has 190 valence electrons. The van der Waals surface area contributed by atoms with Crippen LogP contribution in [0.2, 0.25) is 0 Å². The van der Waals surface area contributed by atoms with Crippen LogP contribution in [-0.2, 0) is 4.79 Å². The number of amides is 1. The van der Waals surface area contributed by atoms with Gasteiger partial charge in [0.05, 0.1) is 17.7 Å². The van der Waals surface area contributed by atoms with Gasteiger partial charge >= 0.3 is 6.36 Å². The molecule has 4 N–H and O–H groups in total. The average molecular weight is 495 g/mol. The molecule has 0 bridgehead atoms. The van der Waals surface area contributed by atoms with Crippen molar-refractivity contribution in [1.29, 1.82) is 5.41 Å². The molecular weight excluding hydrogens is 465 g/mol.